The van der Waals surface area contributed by atoms with Crippen LogP contribution in [0.15, 0.2) is 42.5 Å². The molecule has 0 N–H and O–H groups in total. The number of amides is 1. The third-order valence-corrected chi connectivity index (χ3v) is 5.06. The molecule has 0 spiro atoms. The minimum absolute atomic E-state index is 0.0401. The lowest BCUT2D eigenvalue weighted by Crippen LogP contribution is -2.33. The van der Waals surface area contributed by atoms with Crippen LogP contribution < -0.4 is 9.47 Å². The summed E-state index contributed by atoms with van der Waals surface area (Å²) >= 11 is 0. The fourth-order valence-corrected chi connectivity index (χ4v) is 3.32. The maximum atomic E-state index is 12.8. The number of aryl methyl sites for hydroxylation is 1. The fourth-order valence-electron chi connectivity index (χ4n) is 3.32. The Labute approximate surface area is 175 Å². The van der Waals surface area contributed by atoms with Gasteiger partial charge in [0.15, 0.2) is 11.5 Å². The number of carbonyl (C=O) groups is 1. The van der Waals surface area contributed by atoms with Crippen LogP contribution >= 0.6 is 0 Å². The highest BCUT2D eigenvalue weighted by molar-refractivity contribution is 5.75. The maximum absolute atomic E-state index is 12.8. The zero-order valence-corrected chi connectivity index (χ0v) is 17.2. The van der Waals surface area contributed by atoms with E-state index in [2.05, 4.69) is 22.3 Å². The number of hydrogen-bond acceptors (Lipinski definition) is 6. The Morgan fingerprint density at radius 1 is 1.03 bits per heavy atom. The number of rotatable bonds is 7. The van der Waals surface area contributed by atoms with Crippen molar-refractivity contribution in [2.24, 2.45) is 0 Å². The molecule has 1 aliphatic heterocycles. The highest BCUT2D eigenvalue weighted by Gasteiger charge is 2.17. The molecule has 0 saturated heterocycles. The third kappa shape index (κ3) is 4.42. The summed E-state index contributed by atoms with van der Waals surface area (Å²) in [5, 5.41) is 12.5. The van der Waals surface area contributed by atoms with Gasteiger partial charge >= 0.3 is 0 Å². The van der Waals surface area contributed by atoms with Crippen molar-refractivity contribution in [1.29, 1.82) is 0 Å². The summed E-state index contributed by atoms with van der Waals surface area (Å²) in [5.74, 6) is 1.91. The summed E-state index contributed by atoms with van der Waals surface area (Å²) in [6, 6.07) is 13.8. The number of likely N-dealkylation sites (N-methyl/N-ethyl adjacent to an activating group) is 1. The lowest BCUT2D eigenvalue weighted by molar-refractivity contribution is -0.132. The lowest BCUT2D eigenvalue weighted by Gasteiger charge is -2.23. The summed E-state index contributed by atoms with van der Waals surface area (Å²) in [4.78, 5) is 15.9. The molecular formula is C22H25N5O3. The van der Waals surface area contributed by atoms with Crippen LogP contribution in [0.2, 0.25) is 0 Å². The van der Waals surface area contributed by atoms with Crippen molar-refractivity contribution < 1.29 is 14.3 Å². The van der Waals surface area contributed by atoms with Crippen LogP contribution in [0, 0.1) is 0 Å². The van der Waals surface area contributed by atoms with Gasteiger partial charge in [-0.25, -0.2) is 0 Å². The second-order valence-electron chi connectivity index (χ2n) is 7.08. The molecule has 1 amide bonds. The van der Waals surface area contributed by atoms with Crippen LogP contribution in [0.4, 0.5) is 0 Å². The molecule has 8 heteroatoms. The van der Waals surface area contributed by atoms with Gasteiger partial charge in [0.2, 0.25) is 11.7 Å². The maximum Gasteiger partial charge on any atom is 0.246 e. The van der Waals surface area contributed by atoms with Gasteiger partial charge in [0.1, 0.15) is 19.8 Å². The highest BCUT2D eigenvalue weighted by Crippen LogP contribution is 2.31. The van der Waals surface area contributed by atoms with Gasteiger partial charge in [-0.2, -0.15) is 4.80 Å². The zero-order chi connectivity index (χ0) is 20.9. The lowest BCUT2D eigenvalue weighted by atomic mass is 10.1. The number of ether oxygens (including phenoxy) is 2. The molecule has 0 fully saturated rings. The smallest absolute Gasteiger partial charge is 0.246 e. The van der Waals surface area contributed by atoms with E-state index < -0.39 is 0 Å². The van der Waals surface area contributed by atoms with Crippen molar-refractivity contribution in [3.8, 4) is 22.9 Å². The zero-order valence-electron chi connectivity index (χ0n) is 17.2. The Bertz CT molecular complexity index is 1020. The predicted octanol–water partition coefficient (Wildman–Crippen LogP) is 2.72. The number of benzene rings is 2. The molecule has 0 bridgehead atoms. The number of carbonyl (C=O) groups excluding carboxylic acids is 1. The number of hydrogen-bond donors (Lipinski definition) is 0. The van der Waals surface area contributed by atoms with Crippen LogP contribution in [0.25, 0.3) is 11.4 Å². The fraction of sp³-hybridized carbons (Fsp3) is 0.364. The molecule has 2 aromatic carbocycles. The van der Waals surface area contributed by atoms with E-state index in [9.17, 15) is 4.79 Å². The second kappa shape index (κ2) is 8.94. The first-order valence-corrected chi connectivity index (χ1v) is 10.2. The van der Waals surface area contributed by atoms with Gasteiger partial charge in [-0.05, 0) is 41.8 Å². The number of tetrazole rings is 1. The summed E-state index contributed by atoms with van der Waals surface area (Å²) in [6.45, 7) is 6.25. The molecule has 1 aliphatic rings. The predicted molar refractivity (Wildman–Crippen MR) is 111 cm³/mol. The summed E-state index contributed by atoms with van der Waals surface area (Å²) < 4.78 is 11.2. The van der Waals surface area contributed by atoms with E-state index in [1.807, 2.05) is 49.4 Å². The molecule has 0 saturated carbocycles. The molecule has 4 rings (SSSR count). The van der Waals surface area contributed by atoms with Crippen molar-refractivity contribution in [2.75, 3.05) is 19.8 Å². The average molecular weight is 407 g/mol. The minimum atomic E-state index is -0.0716. The van der Waals surface area contributed by atoms with E-state index >= 15 is 0 Å². The van der Waals surface area contributed by atoms with E-state index in [0.717, 1.165) is 29.0 Å². The number of aromatic nitrogens is 4. The highest BCUT2D eigenvalue weighted by atomic mass is 16.6. The molecule has 1 aromatic heterocycles. The molecule has 0 unspecified atom stereocenters. The normalized spacial score (nSPS) is 12.6. The molecule has 156 valence electrons. The van der Waals surface area contributed by atoms with Crippen LogP contribution in [-0.2, 0) is 24.3 Å². The van der Waals surface area contributed by atoms with Crippen molar-refractivity contribution in [2.45, 2.75) is 33.4 Å². The molecular weight excluding hydrogens is 382 g/mol. The van der Waals surface area contributed by atoms with Crippen molar-refractivity contribution >= 4 is 5.91 Å². The second-order valence-corrected chi connectivity index (χ2v) is 7.08. The van der Waals surface area contributed by atoms with Crippen molar-refractivity contribution in [3.63, 3.8) is 0 Å². The molecule has 0 radical (unpaired) electrons. The average Bonchev–Trinajstić information content (AvgIpc) is 3.25. The first-order chi connectivity index (χ1) is 14.7. The van der Waals surface area contributed by atoms with E-state index in [0.29, 0.717) is 32.1 Å². The van der Waals surface area contributed by atoms with Crippen molar-refractivity contribution in [1.82, 2.24) is 25.1 Å². The third-order valence-electron chi connectivity index (χ3n) is 5.06. The molecule has 30 heavy (non-hydrogen) atoms. The van der Waals surface area contributed by atoms with Crippen molar-refractivity contribution in [3.05, 3.63) is 53.6 Å². The van der Waals surface area contributed by atoms with Crippen LogP contribution in [0.1, 0.15) is 25.0 Å². The van der Waals surface area contributed by atoms with E-state index in [-0.39, 0.29) is 12.5 Å². The number of fused-ring (bicyclic) bond motifs is 1. The van der Waals surface area contributed by atoms with Crippen LogP contribution in [0.5, 0.6) is 11.5 Å². The minimum Gasteiger partial charge on any atom is -0.486 e. The Balaban J connectivity index is 1.41. The Morgan fingerprint density at radius 2 is 1.77 bits per heavy atom. The Morgan fingerprint density at radius 3 is 2.50 bits per heavy atom. The standard InChI is InChI=1S/C22H25N5O3/c1-3-16-5-8-18(9-6-16)22-23-25-27(24-22)15-21(28)26(4-2)14-17-7-10-19-20(13-17)30-12-11-29-19/h5-10,13H,3-4,11-12,14-15H2,1-2H3. The van der Waals surface area contributed by atoms with Gasteiger partial charge in [0.05, 0.1) is 0 Å². The summed E-state index contributed by atoms with van der Waals surface area (Å²) in [7, 11) is 0. The van der Waals surface area contributed by atoms with Crippen LogP contribution in [-0.4, -0.2) is 50.8 Å². The largest absolute Gasteiger partial charge is 0.486 e. The molecule has 3 aromatic rings. The summed E-state index contributed by atoms with van der Waals surface area (Å²) in [6.07, 6.45) is 0.977. The molecule has 2 heterocycles. The molecule has 0 aliphatic carbocycles. The van der Waals surface area contributed by atoms with E-state index in [4.69, 9.17) is 9.47 Å². The van der Waals surface area contributed by atoms with Gasteiger partial charge in [0.25, 0.3) is 0 Å². The molecule has 0 atom stereocenters. The first kappa shape index (κ1) is 19.9. The van der Waals surface area contributed by atoms with E-state index in [1.54, 1.807) is 4.90 Å². The van der Waals surface area contributed by atoms with E-state index in [1.165, 1.54) is 10.4 Å². The topological polar surface area (TPSA) is 82.4 Å². The van der Waals surface area contributed by atoms with Gasteiger partial charge in [-0.15, -0.1) is 10.2 Å². The Hall–Kier alpha value is -3.42. The number of nitrogens with zero attached hydrogens (tertiary/aromatic N) is 5. The van der Waals surface area contributed by atoms with Gasteiger partial charge in [0, 0.05) is 18.7 Å². The SMILES string of the molecule is CCc1ccc(-c2nnn(CC(=O)N(CC)Cc3ccc4c(c3)OCCO4)n2)cc1. The first-order valence-electron chi connectivity index (χ1n) is 10.2. The van der Waals surface area contributed by atoms with Gasteiger partial charge < -0.3 is 14.4 Å². The monoisotopic (exact) mass is 407 g/mol. The molecule has 8 nitrogen and oxygen atoms in total. The van der Waals surface area contributed by atoms with Gasteiger partial charge in [-0.1, -0.05) is 37.3 Å². The quantitative estimate of drug-likeness (QED) is 0.599. The van der Waals surface area contributed by atoms with Gasteiger partial charge in [-0.3, -0.25) is 4.79 Å². The summed E-state index contributed by atoms with van der Waals surface area (Å²) in [5.41, 5.74) is 3.12. The Kier molecular flexibility index (Phi) is 5.92. The van der Waals surface area contributed by atoms with Crippen LogP contribution in [0.3, 0.4) is 0 Å².